The molecule has 130 valence electrons. The van der Waals surface area contributed by atoms with Gasteiger partial charge in [-0.1, -0.05) is 0 Å². The van der Waals surface area contributed by atoms with Gasteiger partial charge in [0, 0.05) is 43.7 Å². The molecule has 0 atom stereocenters. The number of aromatic nitrogens is 5. The molecule has 0 aromatic carbocycles. The second kappa shape index (κ2) is 6.76. The van der Waals surface area contributed by atoms with Crippen molar-refractivity contribution in [2.45, 2.75) is 32.2 Å². The Morgan fingerprint density at radius 3 is 2.76 bits per heavy atom. The summed E-state index contributed by atoms with van der Waals surface area (Å²) in [5.74, 6) is 1.64. The number of likely N-dealkylation sites (tertiary alicyclic amines) is 1. The van der Waals surface area contributed by atoms with Crippen LogP contribution < -0.4 is 0 Å². The SMILES string of the molecule is Cc1nn(C)cc1CN1CCC(c2nnc(-c3cccnc3)o2)CC1. The van der Waals surface area contributed by atoms with Crippen LogP contribution >= 0.6 is 0 Å². The highest BCUT2D eigenvalue weighted by Crippen LogP contribution is 2.29. The van der Waals surface area contributed by atoms with Crippen molar-refractivity contribution < 1.29 is 4.42 Å². The molecule has 1 saturated heterocycles. The third-order valence-electron chi connectivity index (χ3n) is 4.80. The van der Waals surface area contributed by atoms with Gasteiger partial charge in [-0.2, -0.15) is 5.10 Å². The van der Waals surface area contributed by atoms with Crippen molar-refractivity contribution in [3.63, 3.8) is 0 Å². The van der Waals surface area contributed by atoms with Gasteiger partial charge in [0.2, 0.25) is 11.8 Å². The minimum atomic E-state index is 0.337. The van der Waals surface area contributed by atoms with Gasteiger partial charge >= 0.3 is 0 Å². The van der Waals surface area contributed by atoms with Crippen LogP contribution in [0, 0.1) is 6.92 Å². The summed E-state index contributed by atoms with van der Waals surface area (Å²) in [5, 5.41) is 12.9. The van der Waals surface area contributed by atoms with Crippen molar-refractivity contribution in [1.82, 2.24) is 29.9 Å². The molecular formula is C18H22N6O. The zero-order valence-corrected chi connectivity index (χ0v) is 14.6. The van der Waals surface area contributed by atoms with Crippen molar-refractivity contribution >= 4 is 0 Å². The van der Waals surface area contributed by atoms with Gasteiger partial charge in [0.1, 0.15) is 0 Å². The van der Waals surface area contributed by atoms with Gasteiger partial charge in [-0.05, 0) is 45.0 Å². The fourth-order valence-corrected chi connectivity index (χ4v) is 3.39. The van der Waals surface area contributed by atoms with E-state index in [9.17, 15) is 0 Å². The largest absolute Gasteiger partial charge is 0.420 e. The molecular weight excluding hydrogens is 316 g/mol. The van der Waals surface area contributed by atoms with Gasteiger partial charge in [0.25, 0.3) is 0 Å². The smallest absolute Gasteiger partial charge is 0.249 e. The van der Waals surface area contributed by atoms with Crippen molar-refractivity contribution in [1.29, 1.82) is 0 Å². The van der Waals surface area contributed by atoms with E-state index < -0.39 is 0 Å². The summed E-state index contributed by atoms with van der Waals surface area (Å²) < 4.78 is 7.78. The second-order valence-corrected chi connectivity index (χ2v) is 6.65. The number of rotatable bonds is 4. The molecule has 0 N–H and O–H groups in total. The van der Waals surface area contributed by atoms with Crippen LogP contribution in [0.4, 0.5) is 0 Å². The van der Waals surface area contributed by atoms with E-state index in [0.29, 0.717) is 11.8 Å². The maximum atomic E-state index is 5.89. The maximum absolute atomic E-state index is 5.89. The van der Waals surface area contributed by atoms with E-state index in [4.69, 9.17) is 4.42 Å². The van der Waals surface area contributed by atoms with E-state index in [1.807, 2.05) is 23.9 Å². The first-order chi connectivity index (χ1) is 12.2. The first-order valence-electron chi connectivity index (χ1n) is 8.64. The standard InChI is InChI=1S/C18H22N6O/c1-13-16(11-23(2)22-13)12-24-8-5-14(6-9-24)17-20-21-18(25-17)15-4-3-7-19-10-15/h3-4,7,10-11,14H,5-6,8-9,12H2,1-2H3. The highest BCUT2D eigenvalue weighted by Gasteiger charge is 2.25. The van der Waals surface area contributed by atoms with E-state index in [-0.39, 0.29) is 0 Å². The molecule has 0 unspecified atom stereocenters. The molecule has 0 amide bonds. The van der Waals surface area contributed by atoms with Gasteiger partial charge in [0.15, 0.2) is 0 Å². The molecule has 0 bridgehead atoms. The molecule has 7 nitrogen and oxygen atoms in total. The van der Waals surface area contributed by atoms with Gasteiger partial charge in [0.05, 0.1) is 11.3 Å². The predicted molar refractivity (Wildman–Crippen MR) is 92.7 cm³/mol. The Morgan fingerprint density at radius 2 is 2.08 bits per heavy atom. The van der Waals surface area contributed by atoms with Crippen LogP contribution in [0.3, 0.4) is 0 Å². The molecule has 0 radical (unpaired) electrons. The summed E-state index contributed by atoms with van der Waals surface area (Å²) in [6.45, 7) is 5.09. The number of pyridine rings is 1. The summed E-state index contributed by atoms with van der Waals surface area (Å²) in [6, 6.07) is 3.81. The molecule has 1 aliphatic rings. The average molecular weight is 338 g/mol. The molecule has 0 aliphatic carbocycles. The number of nitrogens with zero attached hydrogens (tertiary/aromatic N) is 6. The van der Waals surface area contributed by atoms with E-state index in [2.05, 4.69) is 38.3 Å². The van der Waals surface area contributed by atoms with Crippen LogP contribution in [-0.4, -0.2) is 43.0 Å². The molecule has 4 heterocycles. The van der Waals surface area contributed by atoms with Crippen LogP contribution in [0.25, 0.3) is 11.5 Å². The number of piperidine rings is 1. The number of hydrogen-bond donors (Lipinski definition) is 0. The Kier molecular flexibility index (Phi) is 4.31. The monoisotopic (exact) mass is 338 g/mol. The van der Waals surface area contributed by atoms with Crippen LogP contribution in [0.5, 0.6) is 0 Å². The first-order valence-corrected chi connectivity index (χ1v) is 8.64. The van der Waals surface area contributed by atoms with Crippen LogP contribution in [0.1, 0.15) is 35.9 Å². The Bertz CT molecular complexity index is 832. The highest BCUT2D eigenvalue weighted by molar-refractivity contribution is 5.49. The topological polar surface area (TPSA) is 72.9 Å². The highest BCUT2D eigenvalue weighted by atomic mass is 16.4. The Balaban J connectivity index is 1.37. The molecule has 1 fully saturated rings. The van der Waals surface area contributed by atoms with Crippen LogP contribution in [0.15, 0.2) is 35.1 Å². The molecule has 25 heavy (non-hydrogen) atoms. The van der Waals surface area contributed by atoms with Gasteiger partial charge in [-0.3, -0.25) is 14.6 Å². The first kappa shape index (κ1) is 16.0. The average Bonchev–Trinajstić information content (AvgIpc) is 3.23. The van der Waals surface area contributed by atoms with E-state index in [0.717, 1.165) is 49.6 Å². The second-order valence-electron chi connectivity index (χ2n) is 6.65. The molecule has 1 aliphatic heterocycles. The zero-order valence-electron chi connectivity index (χ0n) is 14.6. The van der Waals surface area contributed by atoms with Crippen molar-refractivity contribution in [3.8, 4) is 11.5 Å². The third kappa shape index (κ3) is 3.46. The Hall–Kier alpha value is -2.54. The summed E-state index contributed by atoms with van der Waals surface area (Å²) in [4.78, 5) is 6.57. The van der Waals surface area contributed by atoms with Crippen LogP contribution in [0.2, 0.25) is 0 Å². The fraction of sp³-hybridized carbons (Fsp3) is 0.444. The summed E-state index contributed by atoms with van der Waals surface area (Å²) in [7, 11) is 1.97. The molecule has 3 aromatic rings. The van der Waals surface area contributed by atoms with Gasteiger partial charge in [-0.25, -0.2) is 0 Å². The van der Waals surface area contributed by atoms with Crippen molar-refractivity contribution in [2.24, 2.45) is 7.05 Å². The lowest BCUT2D eigenvalue weighted by atomic mass is 9.96. The molecule has 3 aromatic heterocycles. The number of hydrogen-bond acceptors (Lipinski definition) is 6. The summed E-state index contributed by atoms with van der Waals surface area (Å²) in [5.41, 5.74) is 3.28. The Morgan fingerprint density at radius 1 is 1.24 bits per heavy atom. The normalized spacial score (nSPS) is 16.4. The van der Waals surface area contributed by atoms with E-state index in [1.54, 1.807) is 12.4 Å². The summed E-state index contributed by atoms with van der Waals surface area (Å²) >= 11 is 0. The quantitative estimate of drug-likeness (QED) is 0.728. The molecule has 4 rings (SSSR count). The summed E-state index contributed by atoms with van der Waals surface area (Å²) in [6.07, 6.45) is 7.66. The van der Waals surface area contributed by atoms with E-state index in [1.165, 1.54) is 5.56 Å². The zero-order chi connectivity index (χ0) is 17.2. The third-order valence-corrected chi connectivity index (χ3v) is 4.80. The lowest BCUT2D eigenvalue weighted by Gasteiger charge is -2.30. The number of aryl methyl sites for hydroxylation is 2. The molecule has 0 saturated carbocycles. The molecule has 7 heteroatoms. The van der Waals surface area contributed by atoms with E-state index >= 15 is 0 Å². The fourth-order valence-electron chi connectivity index (χ4n) is 3.39. The minimum absolute atomic E-state index is 0.337. The van der Waals surface area contributed by atoms with Crippen LogP contribution in [-0.2, 0) is 13.6 Å². The maximum Gasteiger partial charge on any atom is 0.249 e. The Labute approximate surface area is 146 Å². The van der Waals surface area contributed by atoms with Crippen molar-refractivity contribution in [3.05, 3.63) is 47.9 Å². The minimum Gasteiger partial charge on any atom is -0.420 e. The molecule has 0 spiro atoms. The van der Waals surface area contributed by atoms with Gasteiger partial charge < -0.3 is 4.42 Å². The van der Waals surface area contributed by atoms with Gasteiger partial charge in [-0.15, -0.1) is 10.2 Å². The lowest BCUT2D eigenvalue weighted by Crippen LogP contribution is -2.32. The lowest BCUT2D eigenvalue weighted by molar-refractivity contribution is 0.193. The predicted octanol–water partition coefficient (Wildman–Crippen LogP) is 2.55. The van der Waals surface area contributed by atoms with Crippen molar-refractivity contribution in [2.75, 3.05) is 13.1 Å².